The molecule has 21 heavy (non-hydrogen) atoms. The molecule has 0 bridgehead atoms. The Morgan fingerprint density at radius 3 is 1.48 bits per heavy atom. The molecule has 0 aliphatic heterocycles. The van der Waals surface area contributed by atoms with Crippen molar-refractivity contribution in [3.8, 4) is 0 Å². The minimum atomic E-state index is -0.935. The van der Waals surface area contributed by atoms with Gasteiger partial charge in [-0.2, -0.15) is 0 Å². The average molecular weight is 300 g/mol. The van der Waals surface area contributed by atoms with Crippen molar-refractivity contribution in [2.75, 3.05) is 13.2 Å². The molecule has 0 atom stereocenters. The molecule has 0 aliphatic carbocycles. The van der Waals surface area contributed by atoms with Crippen LogP contribution < -0.4 is 0 Å². The molecule has 0 aliphatic rings. The maximum Gasteiger partial charge on any atom is 0.330 e. The van der Waals surface area contributed by atoms with Gasteiger partial charge in [0.05, 0.1) is 0 Å². The van der Waals surface area contributed by atoms with Crippen molar-refractivity contribution in [2.24, 2.45) is 0 Å². The molecular weight excluding hydrogens is 264 g/mol. The van der Waals surface area contributed by atoms with Crippen LogP contribution in [0.15, 0.2) is 12.2 Å². The number of unbranched alkanes of at least 4 members (excludes halogenated alkanes) is 8. The summed E-state index contributed by atoms with van der Waals surface area (Å²) in [5.74, 6) is -0.935. The fraction of sp³-hybridized carbons (Fsp3) is 0.833. The van der Waals surface area contributed by atoms with Gasteiger partial charge in [-0.3, -0.25) is 0 Å². The van der Waals surface area contributed by atoms with E-state index in [1.54, 1.807) is 0 Å². The Balaban J connectivity index is 0. The Kier molecular flexibility index (Phi) is 20.5. The molecule has 0 spiro atoms. The molecular formula is C18H36O3. The standard InChI is InChI=1S/C14H30O.C4H6O2/c1-3-5-7-9-11-13-15-14-12-10-8-6-4-2;1-3(2)4(5)6/h3-14H2,1-2H3;1H2,2H3,(H,5,6). The van der Waals surface area contributed by atoms with Crippen molar-refractivity contribution in [1.29, 1.82) is 0 Å². The molecule has 0 saturated heterocycles. The molecule has 0 saturated carbocycles. The van der Waals surface area contributed by atoms with Gasteiger partial charge in [0.1, 0.15) is 0 Å². The third-order valence-corrected chi connectivity index (χ3v) is 3.15. The predicted octanol–water partition coefficient (Wildman–Crippen LogP) is 5.59. The Bertz CT molecular complexity index is 213. The van der Waals surface area contributed by atoms with E-state index in [-0.39, 0.29) is 5.57 Å². The molecule has 0 aromatic carbocycles. The highest BCUT2D eigenvalue weighted by Crippen LogP contribution is 2.04. The lowest BCUT2D eigenvalue weighted by Crippen LogP contribution is -1.97. The van der Waals surface area contributed by atoms with E-state index in [2.05, 4.69) is 20.4 Å². The largest absolute Gasteiger partial charge is 0.478 e. The fourth-order valence-corrected chi connectivity index (χ4v) is 1.72. The van der Waals surface area contributed by atoms with E-state index in [4.69, 9.17) is 9.84 Å². The number of carboxylic acids is 1. The van der Waals surface area contributed by atoms with Gasteiger partial charge < -0.3 is 9.84 Å². The van der Waals surface area contributed by atoms with Gasteiger partial charge in [0.15, 0.2) is 0 Å². The molecule has 0 aromatic rings. The first kappa shape index (κ1) is 22.5. The minimum absolute atomic E-state index is 0.176. The highest BCUT2D eigenvalue weighted by atomic mass is 16.5. The summed E-state index contributed by atoms with van der Waals surface area (Å²) in [6.45, 7) is 11.1. The fourth-order valence-electron chi connectivity index (χ4n) is 1.72. The number of carbonyl (C=O) groups is 1. The maximum atomic E-state index is 9.60. The van der Waals surface area contributed by atoms with Crippen LogP contribution in [0.1, 0.15) is 85.0 Å². The highest BCUT2D eigenvalue weighted by Gasteiger charge is 1.92. The third kappa shape index (κ3) is 24.6. The zero-order valence-corrected chi connectivity index (χ0v) is 14.5. The first-order valence-corrected chi connectivity index (χ1v) is 8.52. The van der Waals surface area contributed by atoms with E-state index in [9.17, 15) is 4.79 Å². The van der Waals surface area contributed by atoms with Gasteiger partial charge in [0.2, 0.25) is 0 Å². The van der Waals surface area contributed by atoms with Crippen molar-refractivity contribution in [3.63, 3.8) is 0 Å². The molecule has 3 heteroatoms. The van der Waals surface area contributed by atoms with E-state index in [0.717, 1.165) is 13.2 Å². The molecule has 0 amide bonds. The van der Waals surface area contributed by atoms with E-state index in [1.807, 2.05) is 0 Å². The van der Waals surface area contributed by atoms with Gasteiger partial charge in [0.25, 0.3) is 0 Å². The second-order valence-corrected chi connectivity index (χ2v) is 5.53. The molecule has 126 valence electrons. The van der Waals surface area contributed by atoms with Crippen LogP contribution in [-0.4, -0.2) is 24.3 Å². The summed E-state index contributed by atoms with van der Waals surface area (Å²) < 4.78 is 5.59. The quantitative estimate of drug-likeness (QED) is 0.356. The number of aliphatic carboxylic acids is 1. The van der Waals surface area contributed by atoms with Gasteiger partial charge in [0, 0.05) is 18.8 Å². The predicted molar refractivity (Wildman–Crippen MR) is 90.8 cm³/mol. The first-order valence-electron chi connectivity index (χ1n) is 8.52. The zero-order chi connectivity index (χ0) is 16.3. The third-order valence-electron chi connectivity index (χ3n) is 3.15. The molecule has 0 aromatic heterocycles. The second-order valence-electron chi connectivity index (χ2n) is 5.53. The van der Waals surface area contributed by atoms with Crippen molar-refractivity contribution in [3.05, 3.63) is 12.2 Å². The zero-order valence-electron chi connectivity index (χ0n) is 14.5. The van der Waals surface area contributed by atoms with Crippen LogP contribution in [0.3, 0.4) is 0 Å². The minimum Gasteiger partial charge on any atom is -0.478 e. The Morgan fingerprint density at radius 1 is 0.857 bits per heavy atom. The van der Waals surface area contributed by atoms with E-state index >= 15 is 0 Å². The smallest absolute Gasteiger partial charge is 0.330 e. The van der Waals surface area contributed by atoms with Crippen molar-refractivity contribution in [1.82, 2.24) is 0 Å². The summed E-state index contributed by atoms with van der Waals surface area (Å²) in [5, 5.41) is 7.89. The highest BCUT2D eigenvalue weighted by molar-refractivity contribution is 5.84. The number of rotatable bonds is 13. The summed E-state index contributed by atoms with van der Waals surface area (Å²) in [7, 11) is 0. The van der Waals surface area contributed by atoms with Gasteiger partial charge >= 0.3 is 5.97 Å². The summed E-state index contributed by atoms with van der Waals surface area (Å²) in [6.07, 6.45) is 13.4. The summed E-state index contributed by atoms with van der Waals surface area (Å²) in [4.78, 5) is 9.60. The monoisotopic (exact) mass is 300 g/mol. The molecule has 0 unspecified atom stereocenters. The SMILES string of the molecule is C=C(C)C(=O)O.CCCCCCCOCCCCCCC. The topological polar surface area (TPSA) is 46.5 Å². The van der Waals surface area contributed by atoms with Gasteiger partial charge in [-0.05, 0) is 19.8 Å². The number of hydrogen-bond donors (Lipinski definition) is 1. The van der Waals surface area contributed by atoms with Crippen LogP contribution in [0.2, 0.25) is 0 Å². The summed E-state index contributed by atoms with van der Waals surface area (Å²) >= 11 is 0. The van der Waals surface area contributed by atoms with Crippen LogP contribution in [0.4, 0.5) is 0 Å². The molecule has 3 nitrogen and oxygen atoms in total. The maximum absolute atomic E-state index is 9.60. The van der Waals surface area contributed by atoms with Gasteiger partial charge in [-0.1, -0.05) is 71.8 Å². The summed E-state index contributed by atoms with van der Waals surface area (Å²) in [6, 6.07) is 0. The second kappa shape index (κ2) is 19.2. The van der Waals surface area contributed by atoms with Gasteiger partial charge in [-0.25, -0.2) is 4.79 Å². The number of carboxylic acid groups (broad SMARTS) is 1. The van der Waals surface area contributed by atoms with Crippen molar-refractivity contribution < 1.29 is 14.6 Å². The van der Waals surface area contributed by atoms with Gasteiger partial charge in [-0.15, -0.1) is 0 Å². The van der Waals surface area contributed by atoms with E-state index < -0.39 is 5.97 Å². The average Bonchev–Trinajstić information content (AvgIpc) is 2.45. The van der Waals surface area contributed by atoms with Crippen LogP contribution in [0.5, 0.6) is 0 Å². The first-order chi connectivity index (χ1) is 10.1. The summed E-state index contributed by atoms with van der Waals surface area (Å²) in [5.41, 5.74) is 0.176. The van der Waals surface area contributed by atoms with Crippen LogP contribution in [0.25, 0.3) is 0 Å². The van der Waals surface area contributed by atoms with Crippen LogP contribution >= 0.6 is 0 Å². The molecule has 1 N–H and O–H groups in total. The lowest BCUT2D eigenvalue weighted by molar-refractivity contribution is -0.132. The molecule has 0 rings (SSSR count). The molecule has 0 fully saturated rings. The number of ether oxygens (including phenoxy) is 1. The van der Waals surface area contributed by atoms with Crippen molar-refractivity contribution in [2.45, 2.75) is 85.0 Å². The molecule has 0 heterocycles. The van der Waals surface area contributed by atoms with Crippen molar-refractivity contribution >= 4 is 5.97 Å². The number of hydrogen-bond acceptors (Lipinski definition) is 2. The van der Waals surface area contributed by atoms with E-state index in [0.29, 0.717) is 0 Å². The lowest BCUT2D eigenvalue weighted by Gasteiger charge is -2.03. The molecule has 0 radical (unpaired) electrons. The lowest BCUT2D eigenvalue weighted by atomic mass is 10.1. The van der Waals surface area contributed by atoms with Crippen LogP contribution in [-0.2, 0) is 9.53 Å². The normalized spacial score (nSPS) is 9.86. The Hall–Kier alpha value is -0.830. The van der Waals surface area contributed by atoms with Crippen LogP contribution in [0, 0.1) is 0 Å². The van der Waals surface area contributed by atoms with E-state index in [1.165, 1.54) is 71.1 Å². The Labute approximate surface area is 131 Å². The Morgan fingerprint density at radius 2 is 1.19 bits per heavy atom.